The van der Waals surface area contributed by atoms with Gasteiger partial charge in [-0.2, -0.15) is 4.98 Å². The summed E-state index contributed by atoms with van der Waals surface area (Å²) in [6.07, 6.45) is 0. The molecule has 0 bridgehead atoms. The van der Waals surface area contributed by atoms with Crippen molar-refractivity contribution >= 4 is 9.84 Å². The third-order valence-corrected chi connectivity index (χ3v) is 3.60. The topological polar surface area (TPSA) is 73.1 Å². The van der Waals surface area contributed by atoms with E-state index in [1.807, 2.05) is 18.2 Å². The van der Waals surface area contributed by atoms with Gasteiger partial charge in [-0.05, 0) is 12.5 Å². The standard InChI is InChI=1S/C11H12N2O3S/c1-9-12-11(16-13-9)8-17(14,15)7-10-5-3-2-4-6-10/h2-6H,7-8H2,1H3. The van der Waals surface area contributed by atoms with Gasteiger partial charge in [0.25, 0.3) is 0 Å². The van der Waals surface area contributed by atoms with E-state index in [0.717, 1.165) is 5.56 Å². The van der Waals surface area contributed by atoms with Crippen LogP contribution in [0.25, 0.3) is 0 Å². The fourth-order valence-electron chi connectivity index (χ4n) is 1.47. The van der Waals surface area contributed by atoms with E-state index in [2.05, 4.69) is 10.1 Å². The van der Waals surface area contributed by atoms with Crippen LogP contribution in [0.5, 0.6) is 0 Å². The number of rotatable bonds is 4. The van der Waals surface area contributed by atoms with Gasteiger partial charge < -0.3 is 4.52 Å². The maximum absolute atomic E-state index is 11.9. The van der Waals surface area contributed by atoms with Crippen molar-refractivity contribution in [3.8, 4) is 0 Å². The molecular weight excluding hydrogens is 240 g/mol. The summed E-state index contributed by atoms with van der Waals surface area (Å²) in [5.74, 6) is 0.339. The molecule has 1 aromatic heterocycles. The van der Waals surface area contributed by atoms with Crippen LogP contribution >= 0.6 is 0 Å². The van der Waals surface area contributed by atoms with Crippen LogP contribution in [0, 0.1) is 6.92 Å². The van der Waals surface area contributed by atoms with Crippen molar-refractivity contribution in [1.29, 1.82) is 0 Å². The lowest BCUT2D eigenvalue weighted by Crippen LogP contribution is -2.07. The minimum absolute atomic E-state index is 0.0186. The molecule has 5 nitrogen and oxygen atoms in total. The number of benzene rings is 1. The molecular formula is C11H12N2O3S. The molecule has 2 rings (SSSR count). The van der Waals surface area contributed by atoms with Gasteiger partial charge in [-0.3, -0.25) is 0 Å². The Morgan fingerprint density at radius 3 is 2.47 bits per heavy atom. The number of nitrogens with zero attached hydrogens (tertiary/aromatic N) is 2. The summed E-state index contributed by atoms with van der Waals surface area (Å²) in [5.41, 5.74) is 0.753. The quantitative estimate of drug-likeness (QED) is 0.824. The zero-order chi connectivity index (χ0) is 12.3. The molecule has 1 aromatic carbocycles. The van der Waals surface area contributed by atoms with Gasteiger partial charge in [0, 0.05) is 0 Å². The first kappa shape index (κ1) is 11.8. The second-order valence-corrected chi connectivity index (χ2v) is 5.82. The summed E-state index contributed by atoms with van der Waals surface area (Å²) in [7, 11) is -3.27. The van der Waals surface area contributed by atoms with Crippen LogP contribution < -0.4 is 0 Å². The molecule has 0 atom stereocenters. The predicted molar refractivity (Wildman–Crippen MR) is 61.8 cm³/mol. The lowest BCUT2D eigenvalue weighted by Gasteiger charge is -2.01. The van der Waals surface area contributed by atoms with Crippen LogP contribution in [0.4, 0.5) is 0 Å². The van der Waals surface area contributed by atoms with Crippen molar-refractivity contribution in [2.24, 2.45) is 0 Å². The molecule has 6 heteroatoms. The molecule has 0 saturated heterocycles. The van der Waals surface area contributed by atoms with Gasteiger partial charge in [0.05, 0.1) is 5.75 Å². The smallest absolute Gasteiger partial charge is 0.241 e. The minimum atomic E-state index is -3.27. The second kappa shape index (κ2) is 4.67. The average Bonchev–Trinajstić information content (AvgIpc) is 2.63. The van der Waals surface area contributed by atoms with E-state index in [4.69, 9.17) is 4.52 Å². The van der Waals surface area contributed by atoms with Crippen LogP contribution in [0.15, 0.2) is 34.9 Å². The van der Waals surface area contributed by atoms with Gasteiger partial charge in [-0.15, -0.1) is 0 Å². The van der Waals surface area contributed by atoms with Crippen LogP contribution in [0.1, 0.15) is 17.3 Å². The Balaban J connectivity index is 2.10. The van der Waals surface area contributed by atoms with Crippen LogP contribution in [-0.2, 0) is 21.3 Å². The molecule has 0 fully saturated rings. The van der Waals surface area contributed by atoms with Crippen molar-refractivity contribution in [3.63, 3.8) is 0 Å². The second-order valence-electron chi connectivity index (χ2n) is 3.75. The molecule has 0 aliphatic heterocycles. The maximum Gasteiger partial charge on any atom is 0.241 e. The van der Waals surface area contributed by atoms with E-state index in [0.29, 0.717) is 5.82 Å². The first-order valence-corrected chi connectivity index (χ1v) is 6.91. The summed E-state index contributed by atoms with van der Waals surface area (Å²) < 4.78 is 28.5. The maximum atomic E-state index is 11.9. The highest BCUT2D eigenvalue weighted by Crippen LogP contribution is 2.10. The molecule has 0 N–H and O–H groups in total. The lowest BCUT2D eigenvalue weighted by atomic mass is 10.2. The number of aryl methyl sites for hydroxylation is 1. The fourth-order valence-corrected chi connectivity index (χ4v) is 2.76. The molecule has 17 heavy (non-hydrogen) atoms. The SMILES string of the molecule is Cc1noc(CS(=O)(=O)Cc2ccccc2)n1. The molecule has 0 saturated carbocycles. The predicted octanol–water partition coefficient (Wildman–Crippen LogP) is 1.49. The van der Waals surface area contributed by atoms with E-state index >= 15 is 0 Å². The lowest BCUT2D eigenvalue weighted by molar-refractivity contribution is 0.384. The molecule has 0 radical (unpaired) electrons. The Hall–Kier alpha value is -1.69. The molecule has 0 amide bonds. The Kier molecular flexibility index (Phi) is 3.23. The zero-order valence-electron chi connectivity index (χ0n) is 9.33. The van der Waals surface area contributed by atoms with Gasteiger partial charge in [0.1, 0.15) is 5.75 Å². The zero-order valence-corrected chi connectivity index (χ0v) is 10.1. The van der Waals surface area contributed by atoms with Crippen LogP contribution in [0.3, 0.4) is 0 Å². The summed E-state index contributed by atoms with van der Waals surface area (Å²) in [6, 6.07) is 9.01. The van der Waals surface area contributed by atoms with E-state index in [-0.39, 0.29) is 17.4 Å². The third kappa shape index (κ3) is 3.39. The molecule has 90 valence electrons. The number of hydrogen-bond acceptors (Lipinski definition) is 5. The number of sulfone groups is 1. The number of hydrogen-bond donors (Lipinski definition) is 0. The Morgan fingerprint density at radius 2 is 1.88 bits per heavy atom. The summed E-state index contributed by atoms with van der Waals surface area (Å²) >= 11 is 0. The summed E-state index contributed by atoms with van der Waals surface area (Å²) in [4.78, 5) is 3.88. The monoisotopic (exact) mass is 252 g/mol. The van der Waals surface area contributed by atoms with Gasteiger partial charge in [-0.25, -0.2) is 8.42 Å². The van der Waals surface area contributed by atoms with Gasteiger partial charge >= 0.3 is 0 Å². The summed E-state index contributed by atoms with van der Waals surface area (Å²) in [6.45, 7) is 1.65. The fraction of sp³-hybridized carbons (Fsp3) is 0.273. The Bertz CT molecular complexity index is 590. The molecule has 0 aliphatic rings. The molecule has 0 spiro atoms. The van der Waals surface area contributed by atoms with Gasteiger partial charge in [0.15, 0.2) is 15.7 Å². The van der Waals surface area contributed by atoms with E-state index < -0.39 is 9.84 Å². The van der Waals surface area contributed by atoms with Crippen LogP contribution in [0.2, 0.25) is 0 Å². The molecule has 1 heterocycles. The highest BCUT2D eigenvalue weighted by molar-refractivity contribution is 7.89. The van der Waals surface area contributed by atoms with Gasteiger partial charge in [-0.1, -0.05) is 35.5 Å². The van der Waals surface area contributed by atoms with Crippen molar-refractivity contribution in [3.05, 3.63) is 47.6 Å². The first-order chi connectivity index (χ1) is 8.05. The molecule has 0 unspecified atom stereocenters. The first-order valence-electron chi connectivity index (χ1n) is 5.09. The van der Waals surface area contributed by atoms with Crippen molar-refractivity contribution < 1.29 is 12.9 Å². The van der Waals surface area contributed by atoms with Gasteiger partial charge in [0.2, 0.25) is 5.89 Å². The highest BCUT2D eigenvalue weighted by atomic mass is 32.2. The average molecular weight is 252 g/mol. The minimum Gasteiger partial charge on any atom is -0.338 e. The summed E-state index contributed by atoms with van der Waals surface area (Å²) in [5, 5.41) is 3.56. The van der Waals surface area contributed by atoms with E-state index in [9.17, 15) is 8.42 Å². The Labute approximate surface area is 99.4 Å². The molecule has 2 aromatic rings. The Morgan fingerprint density at radius 1 is 1.18 bits per heavy atom. The van der Waals surface area contributed by atoms with E-state index in [1.54, 1.807) is 19.1 Å². The van der Waals surface area contributed by atoms with Crippen molar-refractivity contribution in [1.82, 2.24) is 10.1 Å². The third-order valence-electron chi connectivity index (χ3n) is 2.14. The largest absolute Gasteiger partial charge is 0.338 e. The number of aromatic nitrogens is 2. The van der Waals surface area contributed by atoms with Crippen molar-refractivity contribution in [2.75, 3.05) is 0 Å². The normalized spacial score (nSPS) is 11.6. The van der Waals surface area contributed by atoms with E-state index in [1.165, 1.54) is 0 Å². The highest BCUT2D eigenvalue weighted by Gasteiger charge is 2.17. The molecule has 0 aliphatic carbocycles. The van der Waals surface area contributed by atoms with Crippen LogP contribution in [-0.4, -0.2) is 18.6 Å². The van der Waals surface area contributed by atoms with Crippen molar-refractivity contribution in [2.45, 2.75) is 18.4 Å².